The standard InChI is InChI=1S/C27H23NO2/c29-27(30)25-8-4-5-9-26(25)28-24-18-14-21(15-19-24)11-10-20-12-16-23(17-13-20)22-6-2-1-3-7-22/h1-9,12-19,28H,10-11H2,(H,29,30). The summed E-state index contributed by atoms with van der Waals surface area (Å²) >= 11 is 0. The molecule has 0 aliphatic carbocycles. The number of aryl methyl sites for hydroxylation is 2. The maximum atomic E-state index is 11.3. The molecule has 30 heavy (non-hydrogen) atoms. The largest absolute Gasteiger partial charge is 0.478 e. The zero-order valence-electron chi connectivity index (χ0n) is 16.6. The predicted octanol–water partition coefficient (Wildman–Crippen LogP) is 6.58. The Labute approximate surface area is 176 Å². The number of nitrogens with one attached hydrogen (secondary N) is 1. The van der Waals surface area contributed by atoms with Crippen molar-refractivity contribution >= 4 is 17.3 Å². The van der Waals surface area contributed by atoms with Crippen molar-refractivity contribution in [1.29, 1.82) is 0 Å². The summed E-state index contributed by atoms with van der Waals surface area (Å²) in [6.45, 7) is 0. The van der Waals surface area contributed by atoms with Crippen molar-refractivity contribution in [2.24, 2.45) is 0 Å². The van der Waals surface area contributed by atoms with Gasteiger partial charge in [-0.1, -0.05) is 78.9 Å². The lowest BCUT2D eigenvalue weighted by Gasteiger charge is -2.10. The number of carbonyl (C=O) groups is 1. The third-order valence-corrected chi connectivity index (χ3v) is 5.15. The highest BCUT2D eigenvalue weighted by molar-refractivity contribution is 5.95. The number of benzene rings is 4. The Kier molecular flexibility index (Phi) is 5.90. The highest BCUT2D eigenvalue weighted by Gasteiger charge is 2.09. The lowest BCUT2D eigenvalue weighted by molar-refractivity contribution is 0.0698. The molecule has 2 N–H and O–H groups in total. The summed E-state index contributed by atoms with van der Waals surface area (Å²) < 4.78 is 0. The monoisotopic (exact) mass is 393 g/mol. The minimum Gasteiger partial charge on any atom is -0.478 e. The summed E-state index contributed by atoms with van der Waals surface area (Å²) in [5.41, 5.74) is 6.76. The Morgan fingerprint density at radius 1 is 0.633 bits per heavy atom. The van der Waals surface area contributed by atoms with Crippen molar-refractivity contribution in [1.82, 2.24) is 0 Å². The van der Waals surface area contributed by atoms with E-state index in [1.54, 1.807) is 18.2 Å². The minimum atomic E-state index is -0.937. The fourth-order valence-electron chi connectivity index (χ4n) is 3.47. The zero-order chi connectivity index (χ0) is 20.8. The molecule has 0 aromatic heterocycles. The number of carboxylic acid groups (broad SMARTS) is 1. The van der Waals surface area contributed by atoms with Gasteiger partial charge in [-0.25, -0.2) is 4.79 Å². The average Bonchev–Trinajstić information content (AvgIpc) is 2.80. The summed E-state index contributed by atoms with van der Waals surface area (Å²) in [6, 6.07) is 34.2. The molecule has 0 heterocycles. The van der Waals surface area contributed by atoms with E-state index < -0.39 is 5.97 Å². The van der Waals surface area contributed by atoms with Crippen LogP contribution in [-0.2, 0) is 12.8 Å². The van der Waals surface area contributed by atoms with Crippen LogP contribution in [0.4, 0.5) is 11.4 Å². The van der Waals surface area contributed by atoms with Crippen molar-refractivity contribution < 1.29 is 9.90 Å². The smallest absolute Gasteiger partial charge is 0.337 e. The first-order valence-electron chi connectivity index (χ1n) is 10.0. The van der Waals surface area contributed by atoms with Crippen molar-refractivity contribution in [2.45, 2.75) is 12.8 Å². The number of hydrogen-bond donors (Lipinski definition) is 2. The fraction of sp³-hybridized carbons (Fsp3) is 0.0741. The van der Waals surface area contributed by atoms with E-state index >= 15 is 0 Å². The zero-order valence-corrected chi connectivity index (χ0v) is 16.6. The van der Waals surface area contributed by atoms with Gasteiger partial charge >= 0.3 is 5.97 Å². The summed E-state index contributed by atoms with van der Waals surface area (Å²) in [6.07, 6.45) is 1.93. The molecule has 0 spiro atoms. The summed E-state index contributed by atoms with van der Waals surface area (Å²) in [5, 5.41) is 12.5. The molecule has 0 unspecified atom stereocenters. The van der Waals surface area contributed by atoms with Crippen molar-refractivity contribution in [3.05, 3.63) is 120 Å². The maximum Gasteiger partial charge on any atom is 0.337 e. The van der Waals surface area contributed by atoms with E-state index in [0.29, 0.717) is 5.69 Å². The molecule has 0 bridgehead atoms. The van der Waals surface area contributed by atoms with Gasteiger partial charge in [-0.05, 0) is 59.4 Å². The fourth-order valence-corrected chi connectivity index (χ4v) is 3.47. The molecule has 148 valence electrons. The number of anilines is 2. The lowest BCUT2D eigenvalue weighted by atomic mass is 10.0. The Hall–Kier alpha value is -3.85. The molecule has 0 atom stereocenters. The SMILES string of the molecule is O=C(O)c1ccccc1Nc1ccc(CCc2ccc(-c3ccccc3)cc2)cc1. The van der Waals surface area contributed by atoms with Gasteiger partial charge in [0.1, 0.15) is 0 Å². The van der Waals surface area contributed by atoms with E-state index in [9.17, 15) is 9.90 Å². The summed E-state index contributed by atoms with van der Waals surface area (Å²) in [4.78, 5) is 11.3. The van der Waals surface area contributed by atoms with Crippen LogP contribution in [0, 0.1) is 0 Å². The minimum absolute atomic E-state index is 0.264. The third-order valence-electron chi connectivity index (χ3n) is 5.15. The van der Waals surface area contributed by atoms with Crippen LogP contribution in [0.2, 0.25) is 0 Å². The molecule has 3 heteroatoms. The molecular weight excluding hydrogens is 370 g/mol. The van der Waals surface area contributed by atoms with Gasteiger partial charge in [-0.3, -0.25) is 0 Å². The molecule has 4 aromatic rings. The topological polar surface area (TPSA) is 49.3 Å². The first kappa shape index (κ1) is 19.5. The molecule has 0 fully saturated rings. The average molecular weight is 393 g/mol. The van der Waals surface area contributed by atoms with E-state index in [2.05, 4.69) is 66.0 Å². The van der Waals surface area contributed by atoms with Crippen LogP contribution in [-0.4, -0.2) is 11.1 Å². The first-order valence-corrected chi connectivity index (χ1v) is 10.0. The molecule has 4 aromatic carbocycles. The van der Waals surface area contributed by atoms with Gasteiger partial charge in [0.25, 0.3) is 0 Å². The van der Waals surface area contributed by atoms with Crippen molar-refractivity contribution in [3.63, 3.8) is 0 Å². The number of para-hydroxylation sites is 1. The Bertz CT molecular complexity index is 1120. The Balaban J connectivity index is 1.37. The molecule has 0 aliphatic heterocycles. The van der Waals surface area contributed by atoms with Crippen LogP contribution in [0.15, 0.2) is 103 Å². The summed E-state index contributed by atoms with van der Waals surface area (Å²) in [5.74, 6) is -0.937. The molecular formula is C27H23NO2. The van der Waals surface area contributed by atoms with E-state index in [1.807, 2.05) is 24.3 Å². The molecule has 4 rings (SSSR count). The molecule has 0 aliphatic rings. The Morgan fingerprint density at radius 2 is 1.17 bits per heavy atom. The van der Waals surface area contributed by atoms with Crippen LogP contribution in [0.25, 0.3) is 11.1 Å². The number of hydrogen-bond acceptors (Lipinski definition) is 2. The van der Waals surface area contributed by atoms with E-state index in [1.165, 1.54) is 22.3 Å². The third kappa shape index (κ3) is 4.76. The van der Waals surface area contributed by atoms with E-state index in [-0.39, 0.29) is 5.56 Å². The van der Waals surface area contributed by atoms with Crippen molar-refractivity contribution in [2.75, 3.05) is 5.32 Å². The summed E-state index contributed by atoms with van der Waals surface area (Å²) in [7, 11) is 0. The first-order chi connectivity index (χ1) is 14.7. The van der Waals surface area contributed by atoms with Crippen molar-refractivity contribution in [3.8, 4) is 11.1 Å². The van der Waals surface area contributed by atoms with Gasteiger partial charge in [0.2, 0.25) is 0 Å². The van der Waals surface area contributed by atoms with Crippen LogP contribution in [0.3, 0.4) is 0 Å². The van der Waals surface area contributed by atoms with Gasteiger partial charge in [-0.2, -0.15) is 0 Å². The van der Waals surface area contributed by atoms with E-state index in [0.717, 1.165) is 18.5 Å². The van der Waals surface area contributed by atoms with Gasteiger partial charge in [-0.15, -0.1) is 0 Å². The second-order valence-corrected chi connectivity index (χ2v) is 7.24. The van der Waals surface area contributed by atoms with Gasteiger partial charge in [0.05, 0.1) is 11.3 Å². The molecule has 0 amide bonds. The highest BCUT2D eigenvalue weighted by Crippen LogP contribution is 2.22. The second kappa shape index (κ2) is 9.10. The van der Waals surface area contributed by atoms with Crippen LogP contribution >= 0.6 is 0 Å². The quantitative estimate of drug-likeness (QED) is 0.373. The highest BCUT2D eigenvalue weighted by atomic mass is 16.4. The van der Waals surface area contributed by atoms with Crippen LogP contribution < -0.4 is 5.32 Å². The number of aromatic carboxylic acids is 1. The van der Waals surface area contributed by atoms with Gasteiger partial charge in [0, 0.05) is 5.69 Å². The number of carboxylic acids is 1. The van der Waals surface area contributed by atoms with E-state index in [4.69, 9.17) is 0 Å². The normalized spacial score (nSPS) is 10.5. The van der Waals surface area contributed by atoms with Gasteiger partial charge < -0.3 is 10.4 Å². The molecule has 0 saturated carbocycles. The molecule has 0 radical (unpaired) electrons. The van der Waals surface area contributed by atoms with Gasteiger partial charge in [0.15, 0.2) is 0 Å². The second-order valence-electron chi connectivity index (χ2n) is 7.24. The molecule has 3 nitrogen and oxygen atoms in total. The van der Waals surface area contributed by atoms with Crippen LogP contribution in [0.1, 0.15) is 21.5 Å². The lowest BCUT2D eigenvalue weighted by Crippen LogP contribution is -2.02. The van der Waals surface area contributed by atoms with Crippen LogP contribution in [0.5, 0.6) is 0 Å². The Morgan fingerprint density at radius 3 is 1.80 bits per heavy atom. The maximum absolute atomic E-state index is 11.3. The predicted molar refractivity (Wildman–Crippen MR) is 122 cm³/mol. The molecule has 0 saturated heterocycles. The number of rotatable bonds is 7.